The van der Waals surface area contributed by atoms with Crippen molar-refractivity contribution in [1.29, 1.82) is 0 Å². The summed E-state index contributed by atoms with van der Waals surface area (Å²) in [4.78, 5) is 4.58. The molecule has 0 aliphatic heterocycles. The lowest BCUT2D eigenvalue weighted by atomic mass is 10.1. The van der Waals surface area contributed by atoms with Gasteiger partial charge in [0.15, 0.2) is 17.5 Å². The molecule has 0 radical (unpaired) electrons. The number of methoxy groups -OCH3 is 1. The number of ether oxygens (including phenoxy) is 1. The van der Waals surface area contributed by atoms with Crippen LogP contribution in [0.5, 0.6) is 5.75 Å². The molecule has 0 aliphatic rings. The third-order valence-corrected chi connectivity index (χ3v) is 4.00. The molecule has 9 heteroatoms. The van der Waals surface area contributed by atoms with Crippen LogP contribution in [0.15, 0.2) is 29.5 Å². The van der Waals surface area contributed by atoms with Crippen LogP contribution in [0.1, 0.15) is 38.2 Å². The van der Waals surface area contributed by atoms with Crippen molar-refractivity contribution < 1.29 is 9.13 Å². The standard InChI is InChI=1S/C18H27FN6O.HI/c1-5-17-24-22-12-25(17)10-9-21-18(20-6-2)23-13(3)14-7-8-16(26-4)15(19)11-14;/h7-8,11-13H,5-6,9-10H2,1-4H3,(H2,20,21,23);1H. The van der Waals surface area contributed by atoms with Gasteiger partial charge in [-0.15, -0.1) is 34.2 Å². The fourth-order valence-electron chi connectivity index (χ4n) is 2.57. The highest BCUT2D eigenvalue weighted by atomic mass is 127. The van der Waals surface area contributed by atoms with Crippen LogP contribution < -0.4 is 15.4 Å². The van der Waals surface area contributed by atoms with Gasteiger partial charge in [-0.25, -0.2) is 4.39 Å². The summed E-state index contributed by atoms with van der Waals surface area (Å²) in [6.07, 6.45) is 2.56. The van der Waals surface area contributed by atoms with Crippen molar-refractivity contribution >= 4 is 29.9 Å². The minimum atomic E-state index is -0.375. The van der Waals surface area contributed by atoms with Crippen LogP contribution in [-0.2, 0) is 13.0 Å². The topological polar surface area (TPSA) is 76.4 Å². The van der Waals surface area contributed by atoms with Gasteiger partial charge in [-0.1, -0.05) is 13.0 Å². The number of aromatic nitrogens is 3. The molecule has 0 saturated heterocycles. The number of nitrogens with zero attached hydrogens (tertiary/aromatic N) is 4. The molecule has 1 aromatic carbocycles. The molecular formula is C18H28FIN6O. The monoisotopic (exact) mass is 490 g/mol. The number of hydrogen-bond donors (Lipinski definition) is 2. The van der Waals surface area contributed by atoms with Gasteiger partial charge in [0.2, 0.25) is 0 Å². The first-order chi connectivity index (χ1) is 12.6. The normalized spacial score (nSPS) is 12.3. The lowest BCUT2D eigenvalue weighted by Gasteiger charge is -2.19. The highest BCUT2D eigenvalue weighted by molar-refractivity contribution is 14.0. The Bertz CT molecular complexity index is 736. The first kappa shape index (κ1) is 23.1. The molecule has 27 heavy (non-hydrogen) atoms. The average molecular weight is 490 g/mol. The van der Waals surface area contributed by atoms with Crippen LogP contribution in [0.3, 0.4) is 0 Å². The second kappa shape index (κ2) is 11.7. The molecule has 1 atom stereocenters. The molecule has 0 fully saturated rings. The summed E-state index contributed by atoms with van der Waals surface area (Å²) in [6.45, 7) is 8.04. The molecule has 0 bridgehead atoms. The fraction of sp³-hybridized carbons (Fsp3) is 0.500. The van der Waals surface area contributed by atoms with Crippen molar-refractivity contribution in [3.63, 3.8) is 0 Å². The number of benzene rings is 1. The zero-order valence-electron chi connectivity index (χ0n) is 16.2. The van der Waals surface area contributed by atoms with Gasteiger partial charge in [-0.05, 0) is 31.5 Å². The predicted octanol–water partition coefficient (Wildman–Crippen LogP) is 2.92. The zero-order valence-corrected chi connectivity index (χ0v) is 18.5. The molecule has 0 spiro atoms. The highest BCUT2D eigenvalue weighted by Gasteiger charge is 2.11. The van der Waals surface area contributed by atoms with Crippen molar-refractivity contribution in [1.82, 2.24) is 25.4 Å². The maximum Gasteiger partial charge on any atom is 0.191 e. The maximum absolute atomic E-state index is 13.9. The predicted molar refractivity (Wildman–Crippen MR) is 115 cm³/mol. The van der Waals surface area contributed by atoms with E-state index in [2.05, 4.69) is 25.8 Å². The van der Waals surface area contributed by atoms with E-state index in [1.165, 1.54) is 13.2 Å². The SMILES string of the molecule is CCNC(=NCCn1cnnc1CC)NC(C)c1ccc(OC)c(F)c1.I. The summed E-state index contributed by atoms with van der Waals surface area (Å²) in [5.41, 5.74) is 0.820. The lowest BCUT2D eigenvalue weighted by molar-refractivity contribution is 0.386. The maximum atomic E-state index is 13.9. The molecule has 2 aromatic rings. The number of halogens is 2. The fourth-order valence-corrected chi connectivity index (χ4v) is 2.57. The molecule has 2 rings (SSSR count). The van der Waals surface area contributed by atoms with E-state index < -0.39 is 0 Å². The number of aliphatic imine (C=N–C) groups is 1. The van der Waals surface area contributed by atoms with Crippen LogP contribution in [0.2, 0.25) is 0 Å². The minimum Gasteiger partial charge on any atom is -0.494 e. The molecule has 150 valence electrons. The van der Waals surface area contributed by atoms with Crippen LogP contribution >= 0.6 is 24.0 Å². The third kappa shape index (κ3) is 6.64. The highest BCUT2D eigenvalue weighted by Crippen LogP contribution is 2.21. The van der Waals surface area contributed by atoms with Gasteiger partial charge in [0.05, 0.1) is 19.7 Å². The molecule has 1 heterocycles. The number of nitrogens with one attached hydrogen (secondary N) is 2. The summed E-state index contributed by atoms with van der Waals surface area (Å²) >= 11 is 0. The van der Waals surface area contributed by atoms with E-state index in [0.29, 0.717) is 19.0 Å². The second-order valence-electron chi connectivity index (χ2n) is 5.81. The summed E-state index contributed by atoms with van der Waals surface area (Å²) < 4.78 is 20.9. The van der Waals surface area contributed by atoms with E-state index in [0.717, 1.165) is 24.4 Å². The quantitative estimate of drug-likeness (QED) is 0.338. The molecule has 1 aromatic heterocycles. The van der Waals surface area contributed by atoms with Crippen molar-refractivity contribution in [3.8, 4) is 5.75 Å². The third-order valence-electron chi connectivity index (χ3n) is 4.00. The summed E-state index contributed by atoms with van der Waals surface area (Å²) in [7, 11) is 1.45. The summed E-state index contributed by atoms with van der Waals surface area (Å²) in [6, 6.07) is 4.85. The van der Waals surface area contributed by atoms with E-state index in [1.54, 1.807) is 12.4 Å². The Kier molecular flexibility index (Phi) is 10.0. The molecule has 7 nitrogen and oxygen atoms in total. The van der Waals surface area contributed by atoms with Gasteiger partial charge in [-0.2, -0.15) is 0 Å². The van der Waals surface area contributed by atoms with E-state index in [1.807, 2.05) is 31.4 Å². The van der Waals surface area contributed by atoms with Crippen LogP contribution in [0.25, 0.3) is 0 Å². The van der Waals surface area contributed by atoms with E-state index in [4.69, 9.17) is 4.74 Å². The van der Waals surface area contributed by atoms with Gasteiger partial charge in [-0.3, -0.25) is 4.99 Å². The lowest BCUT2D eigenvalue weighted by Crippen LogP contribution is -2.39. The van der Waals surface area contributed by atoms with E-state index in [9.17, 15) is 4.39 Å². The first-order valence-electron chi connectivity index (χ1n) is 8.84. The smallest absolute Gasteiger partial charge is 0.191 e. The number of hydrogen-bond acceptors (Lipinski definition) is 4. The van der Waals surface area contributed by atoms with Gasteiger partial charge in [0, 0.05) is 19.5 Å². The minimum absolute atomic E-state index is 0. The molecule has 0 amide bonds. The number of rotatable bonds is 8. The van der Waals surface area contributed by atoms with Crippen LogP contribution in [-0.4, -0.2) is 40.9 Å². The Morgan fingerprint density at radius 3 is 2.78 bits per heavy atom. The van der Waals surface area contributed by atoms with Crippen molar-refractivity contribution in [3.05, 3.63) is 41.7 Å². The zero-order chi connectivity index (χ0) is 18.9. The Morgan fingerprint density at radius 2 is 2.15 bits per heavy atom. The average Bonchev–Trinajstić information content (AvgIpc) is 3.09. The summed E-state index contributed by atoms with van der Waals surface area (Å²) in [5.74, 6) is 1.49. The van der Waals surface area contributed by atoms with Crippen molar-refractivity contribution in [2.45, 2.75) is 39.8 Å². The largest absolute Gasteiger partial charge is 0.494 e. The van der Waals surface area contributed by atoms with Crippen LogP contribution in [0.4, 0.5) is 4.39 Å². The van der Waals surface area contributed by atoms with E-state index >= 15 is 0 Å². The molecule has 0 saturated carbocycles. The number of guanidine groups is 1. The van der Waals surface area contributed by atoms with Crippen molar-refractivity contribution in [2.24, 2.45) is 4.99 Å². The van der Waals surface area contributed by atoms with Gasteiger partial charge in [0.1, 0.15) is 12.2 Å². The van der Waals surface area contributed by atoms with E-state index in [-0.39, 0.29) is 41.6 Å². The van der Waals surface area contributed by atoms with Gasteiger partial charge < -0.3 is 19.9 Å². The Balaban J connectivity index is 0.00000364. The number of aryl methyl sites for hydroxylation is 1. The molecule has 1 unspecified atom stereocenters. The Hall–Kier alpha value is -1.91. The van der Waals surface area contributed by atoms with Crippen LogP contribution in [0, 0.1) is 5.82 Å². The summed E-state index contributed by atoms with van der Waals surface area (Å²) in [5, 5.41) is 14.5. The molecular weight excluding hydrogens is 462 g/mol. The Morgan fingerprint density at radius 1 is 1.37 bits per heavy atom. The van der Waals surface area contributed by atoms with Gasteiger partial charge >= 0.3 is 0 Å². The van der Waals surface area contributed by atoms with Gasteiger partial charge in [0.25, 0.3) is 0 Å². The Labute approximate surface area is 176 Å². The van der Waals surface area contributed by atoms with Crippen molar-refractivity contribution in [2.75, 3.05) is 20.2 Å². The molecule has 2 N–H and O–H groups in total. The first-order valence-corrected chi connectivity index (χ1v) is 8.84. The molecule has 0 aliphatic carbocycles. The second-order valence-corrected chi connectivity index (χ2v) is 5.81.